The number of fused-ring (bicyclic) bond motifs is 1. The Bertz CT molecular complexity index is 1330. The van der Waals surface area contributed by atoms with E-state index in [-0.39, 0.29) is 41.8 Å². The van der Waals surface area contributed by atoms with Crippen molar-refractivity contribution >= 4 is 11.2 Å². The number of nitrogens with zero attached hydrogens (tertiary/aromatic N) is 4. The fourth-order valence-corrected chi connectivity index (χ4v) is 5.09. The van der Waals surface area contributed by atoms with Crippen molar-refractivity contribution < 1.29 is 38.1 Å². The first-order valence-electron chi connectivity index (χ1n) is 13.5. The van der Waals surface area contributed by atoms with Crippen molar-refractivity contribution in [2.75, 3.05) is 19.7 Å². The van der Waals surface area contributed by atoms with Gasteiger partial charge in [-0.15, -0.1) is 0 Å². The lowest BCUT2D eigenvalue weighted by Gasteiger charge is -2.21. The molecule has 3 aromatic rings. The first-order valence-corrected chi connectivity index (χ1v) is 13.5. The van der Waals surface area contributed by atoms with E-state index in [1.165, 1.54) is 55.9 Å². The first kappa shape index (κ1) is 32.4. The van der Waals surface area contributed by atoms with E-state index in [4.69, 9.17) is 10.1 Å². The summed E-state index contributed by atoms with van der Waals surface area (Å²) in [6.07, 6.45) is 6.83. The number of aliphatic hydroxyl groups is 2. The van der Waals surface area contributed by atoms with Crippen molar-refractivity contribution in [3.05, 3.63) is 50.4 Å². The number of phenolic OH excluding ortho intramolecular Hbond substituents is 2. The summed E-state index contributed by atoms with van der Waals surface area (Å²) in [6, 6.07) is 4.31. The number of halogens is 1. The molecule has 1 atom stereocenters. The molecule has 1 aromatic carbocycles. The van der Waals surface area contributed by atoms with Crippen LogP contribution in [0.3, 0.4) is 0 Å². The SMILES string of the molecule is CCO.Cn1c(=O)c2c(nc(CC3CCCCC3)n2CCC[NH2+]CC(O)c2ccc(O)c(O)c2)n(C)c1=O.[Cl-]. The molecule has 0 amide bonds. The highest BCUT2D eigenvalue weighted by molar-refractivity contribution is 5.71. The molecule has 1 saturated carbocycles. The second-order valence-electron chi connectivity index (χ2n) is 10.0. The highest BCUT2D eigenvalue weighted by Crippen LogP contribution is 2.28. The molecular formula is C27H42ClN5O6. The third-order valence-corrected chi connectivity index (χ3v) is 7.19. The van der Waals surface area contributed by atoms with Crippen molar-refractivity contribution in [1.29, 1.82) is 0 Å². The summed E-state index contributed by atoms with van der Waals surface area (Å²) in [7, 11) is 3.15. The molecule has 218 valence electrons. The lowest BCUT2D eigenvalue weighted by Crippen LogP contribution is -3.00. The molecule has 0 saturated heterocycles. The molecule has 11 nitrogen and oxygen atoms in total. The zero-order chi connectivity index (χ0) is 27.8. The quantitative estimate of drug-likeness (QED) is 0.143. The average molecular weight is 568 g/mol. The summed E-state index contributed by atoms with van der Waals surface area (Å²) < 4.78 is 4.58. The van der Waals surface area contributed by atoms with E-state index in [0.717, 1.165) is 29.8 Å². The summed E-state index contributed by atoms with van der Waals surface area (Å²) in [4.78, 5) is 30.2. The van der Waals surface area contributed by atoms with Gasteiger partial charge in [0.2, 0.25) is 0 Å². The molecule has 0 spiro atoms. The number of aromatic hydroxyl groups is 2. The van der Waals surface area contributed by atoms with E-state index in [1.54, 1.807) is 20.0 Å². The molecule has 4 rings (SSSR count). The minimum absolute atomic E-state index is 0. The molecule has 1 unspecified atom stereocenters. The standard InChI is InChI=1S/C25H35N5O5.C2H6O.ClH/c1-28-23-22(24(34)29(2)25(28)35)30(21(27-23)13-16-7-4-3-5-8-16)12-6-11-26-15-20(33)17-9-10-18(31)19(32)14-17;1-2-3;/h9-10,14,16,20,26,31-33H,3-8,11-13,15H2,1-2H3;3H,2H2,1H3;1H. The number of quaternary nitrogens is 1. The van der Waals surface area contributed by atoms with Gasteiger partial charge in [0.1, 0.15) is 18.5 Å². The van der Waals surface area contributed by atoms with E-state index < -0.39 is 6.10 Å². The predicted molar refractivity (Wildman–Crippen MR) is 144 cm³/mol. The number of aryl methyl sites for hydroxylation is 2. The molecule has 0 bridgehead atoms. The van der Waals surface area contributed by atoms with Gasteiger partial charge in [-0.1, -0.05) is 38.2 Å². The smallest absolute Gasteiger partial charge is 0.332 e. The Morgan fingerprint density at radius 2 is 1.74 bits per heavy atom. The molecule has 12 heteroatoms. The van der Waals surface area contributed by atoms with Crippen LogP contribution in [0, 0.1) is 5.92 Å². The zero-order valence-corrected chi connectivity index (χ0v) is 23.8. The van der Waals surface area contributed by atoms with Gasteiger partial charge in [-0.05, 0) is 30.5 Å². The van der Waals surface area contributed by atoms with Crippen molar-refractivity contribution in [2.24, 2.45) is 20.0 Å². The van der Waals surface area contributed by atoms with Gasteiger partial charge < -0.3 is 42.7 Å². The van der Waals surface area contributed by atoms with Crippen LogP contribution in [0.4, 0.5) is 0 Å². The first-order chi connectivity index (χ1) is 18.2. The van der Waals surface area contributed by atoms with Crippen LogP contribution in [0.15, 0.2) is 27.8 Å². The Morgan fingerprint density at radius 3 is 2.38 bits per heavy atom. The number of phenols is 2. The number of rotatable bonds is 9. The molecule has 6 N–H and O–H groups in total. The predicted octanol–water partition coefficient (Wildman–Crippen LogP) is -2.34. The zero-order valence-electron chi connectivity index (χ0n) is 23.0. The Hall–Kier alpha value is -2.86. The summed E-state index contributed by atoms with van der Waals surface area (Å²) in [5, 5.41) is 39.0. The maximum atomic E-state index is 13.0. The maximum Gasteiger partial charge on any atom is 0.332 e. The van der Waals surface area contributed by atoms with Crippen LogP contribution in [0.5, 0.6) is 11.5 Å². The lowest BCUT2D eigenvalue weighted by molar-refractivity contribution is -0.662. The fourth-order valence-electron chi connectivity index (χ4n) is 5.09. The molecule has 39 heavy (non-hydrogen) atoms. The fraction of sp³-hybridized carbons (Fsp3) is 0.593. The van der Waals surface area contributed by atoms with Crippen LogP contribution in [-0.2, 0) is 27.1 Å². The van der Waals surface area contributed by atoms with Crippen molar-refractivity contribution in [3.63, 3.8) is 0 Å². The third-order valence-electron chi connectivity index (χ3n) is 7.19. The monoisotopic (exact) mass is 567 g/mol. The molecule has 1 aliphatic rings. The Balaban J connectivity index is 0.00000127. The highest BCUT2D eigenvalue weighted by Gasteiger charge is 2.22. The number of aliphatic hydroxyl groups excluding tert-OH is 2. The van der Waals surface area contributed by atoms with Gasteiger partial charge in [-0.2, -0.15) is 0 Å². The Kier molecular flexibility index (Phi) is 12.5. The second kappa shape index (κ2) is 15.1. The summed E-state index contributed by atoms with van der Waals surface area (Å²) >= 11 is 0. The number of benzene rings is 1. The van der Waals surface area contributed by atoms with E-state index in [2.05, 4.69) is 0 Å². The van der Waals surface area contributed by atoms with Gasteiger partial charge in [-0.3, -0.25) is 13.9 Å². The van der Waals surface area contributed by atoms with Gasteiger partial charge in [-0.25, -0.2) is 9.78 Å². The van der Waals surface area contributed by atoms with Crippen molar-refractivity contribution in [1.82, 2.24) is 18.7 Å². The van der Waals surface area contributed by atoms with Gasteiger partial charge in [0.25, 0.3) is 5.56 Å². The molecule has 2 aromatic heterocycles. The molecule has 0 aliphatic heterocycles. The van der Waals surface area contributed by atoms with Crippen molar-refractivity contribution in [3.8, 4) is 11.5 Å². The van der Waals surface area contributed by atoms with E-state index >= 15 is 0 Å². The van der Waals surface area contributed by atoms with Crippen LogP contribution >= 0.6 is 0 Å². The van der Waals surface area contributed by atoms with E-state index in [0.29, 0.717) is 35.7 Å². The molecule has 1 fully saturated rings. The average Bonchev–Trinajstić information content (AvgIpc) is 3.26. The third kappa shape index (κ3) is 7.84. The Morgan fingerprint density at radius 1 is 1.08 bits per heavy atom. The minimum atomic E-state index is -0.778. The number of imidazole rings is 1. The number of hydrogen-bond acceptors (Lipinski definition) is 7. The Labute approximate surface area is 234 Å². The van der Waals surface area contributed by atoms with Crippen LogP contribution in [0.2, 0.25) is 0 Å². The number of nitrogens with two attached hydrogens (primary N) is 1. The molecule has 0 radical (unpaired) electrons. The summed E-state index contributed by atoms with van der Waals surface area (Å²) in [5.74, 6) is 0.939. The van der Waals surface area contributed by atoms with Crippen LogP contribution in [0.1, 0.15) is 62.9 Å². The van der Waals surface area contributed by atoms with Gasteiger partial charge in [0.15, 0.2) is 22.7 Å². The molecule has 1 aliphatic carbocycles. The number of hydrogen-bond donors (Lipinski definition) is 5. The summed E-state index contributed by atoms with van der Waals surface area (Å²) in [5.41, 5.74) is 0.753. The van der Waals surface area contributed by atoms with Crippen molar-refractivity contribution in [2.45, 2.75) is 64.5 Å². The van der Waals surface area contributed by atoms with E-state index in [1.807, 2.05) is 9.88 Å². The minimum Gasteiger partial charge on any atom is -1.00 e. The molecular weight excluding hydrogens is 526 g/mol. The summed E-state index contributed by atoms with van der Waals surface area (Å²) in [6.45, 7) is 3.65. The van der Waals surface area contributed by atoms with Crippen LogP contribution < -0.4 is 29.0 Å². The maximum absolute atomic E-state index is 13.0. The molecule has 2 heterocycles. The lowest BCUT2D eigenvalue weighted by atomic mass is 9.87. The second-order valence-corrected chi connectivity index (χ2v) is 10.0. The van der Waals surface area contributed by atoms with Gasteiger partial charge in [0.05, 0.1) is 6.54 Å². The normalized spacial score (nSPS) is 14.5. The van der Waals surface area contributed by atoms with Crippen LogP contribution in [0.25, 0.3) is 11.2 Å². The van der Waals surface area contributed by atoms with Gasteiger partial charge in [0, 0.05) is 40.1 Å². The topological polar surface area (TPSA) is 159 Å². The van der Waals surface area contributed by atoms with Crippen LogP contribution in [-0.4, -0.2) is 58.8 Å². The van der Waals surface area contributed by atoms with Gasteiger partial charge >= 0.3 is 5.69 Å². The van der Waals surface area contributed by atoms with E-state index in [9.17, 15) is 24.9 Å². The number of aromatic nitrogens is 4. The largest absolute Gasteiger partial charge is 1.00 e. The highest BCUT2D eigenvalue weighted by atomic mass is 35.5.